The minimum atomic E-state index is -0.281. The van der Waals surface area contributed by atoms with Crippen LogP contribution in [0.25, 0.3) is 11.3 Å². The van der Waals surface area contributed by atoms with Crippen molar-refractivity contribution >= 4 is 17.5 Å². The van der Waals surface area contributed by atoms with Gasteiger partial charge in [0.2, 0.25) is 11.8 Å². The van der Waals surface area contributed by atoms with E-state index in [0.717, 1.165) is 37.9 Å². The summed E-state index contributed by atoms with van der Waals surface area (Å²) in [5.41, 5.74) is 3.36. The number of benzene rings is 1. The molecule has 1 saturated heterocycles. The molecule has 0 bridgehead atoms. The first-order chi connectivity index (χ1) is 13.5. The van der Waals surface area contributed by atoms with Crippen molar-refractivity contribution in [3.63, 3.8) is 0 Å². The maximum atomic E-state index is 15.3. The lowest BCUT2D eigenvalue weighted by atomic mass is 9.88. The number of carbonyl (C=O) groups is 2. The number of rotatable bonds is 3. The van der Waals surface area contributed by atoms with Crippen LogP contribution in [0.4, 0.5) is 10.1 Å². The molecule has 3 heterocycles. The molecule has 1 fully saturated rings. The molecular weight excluding hydrogens is 359 g/mol. The number of hydrogen-bond donors (Lipinski definition) is 1. The molecule has 0 saturated carbocycles. The van der Waals surface area contributed by atoms with Gasteiger partial charge in [-0.3, -0.25) is 14.7 Å². The van der Waals surface area contributed by atoms with E-state index < -0.39 is 0 Å². The standard InChI is InChI=1S/C21H25FN4O2/c1-13(27)26-9-7-14(8-10-26)11-15-12-23-24-21(15)17-3-5-18-16(20(17)22)4-6-19(28)25(18)2/h3,5,12,14H,4,6-11H2,1-2H3,(H,23,24). The SMILES string of the molecule is CC(=O)N1CCC(Cc2c[nH]nc2-c2ccc3c(c2F)CCC(=O)N3C)CC1. The van der Waals surface area contributed by atoms with Crippen molar-refractivity contribution in [1.82, 2.24) is 15.1 Å². The number of aromatic amines is 1. The summed E-state index contributed by atoms with van der Waals surface area (Å²) in [7, 11) is 1.69. The van der Waals surface area contributed by atoms with E-state index in [2.05, 4.69) is 10.2 Å². The molecule has 0 spiro atoms. The van der Waals surface area contributed by atoms with Crippen LogP contribution in [0.2, 0.25) is 0 Å². The van der Waals surface area contributed by atoms with Gasteiger partial charge in [-0.2, -0.15) is 5.10 Å². The minimum Gasteiger partial charge on any atom is -0.343 e. The van der Waals surface area contributed by atoms with E-state index >= 15 is 4.39 Å². The van der Waals surface area contributed by atoms with Gasteiger partial charge in [0, 0.05) is 56.5 Å². The zero-order valence-corrected chi connectivity index (χ0v) is 16.3. The van der Waals surface area contributed by atoms with Gasteiger partial charge in [0.1, 0.15) is 5.82 Å². The van der Waals surface area contributed by atoms with Crippen LogP contribution in [0.5, 0.6) is 0 Å². The second-order valence-corrected chi connectivity index (χ2v) is 7.79. The summed E-state index contributed by atoms with van der Waals surface area (Å²) < 4.78 is 15.3. The van der Waals surface area contributed by atoms with Crippen LogP contribution >= 0.6 is 0 Å². The number of fused-ring (bicyclic) bond motifs is 1. The third-order valence-corrected chi connectivity index (χ3v) is 6.09. The van der Waals surface area contributed by atoms with Crippen molar-refractivity contribution in [3.05, 3.63) is 35.3 Å². The lowest BCUT2D eigenvalue weighted by Crippen LogP contribution is -2.37. The molecule has 0 unspecified atom stereocenters. The lowest BCUT2D eigenvalue weighted by molar-refractivity contribution is -0.130. The van der Waals surface area contributed by atoms with Crippen LogP contribution in [-0.4, -0.2) is 47.0 Å². The molecule has 0 atom stereocenters. The largest absolute Gasteiger partial charge is 0.343 e. The van der Waals surface area contributed by atoms with Gasteiger partial charge >= 0.3 is 0 Å². The molecule has 0 radical (unpaired) electrons. The maximum Gasteiger partial charge on any atom is 0.227 e. The average molecular weight is 384 g/mol. The number of nitrogens with zero attached hydrogens (tertiary/aromatic N) is 3. The van der Waals surface area contributed by atoms with Gasteiger partial charge in [-0.25, -0.2) is 4.39 Å². The Morgan fingerprint density at radius 3 is 2.75 bits per heavy atom. The highest BCUT2D eigenvalue weighted by Gasteiger charge is 2.27. The van der Waals surface area contributed by atoms with Gasteiger partial charge in [-0.05, 0) is 49.3 Å². The molecule has 148 valence electrons. The zero-order valence-electron chi connectivity index (χ0n) is 16.3. The monoisotopic (exact) mass is 384 g/mol. The number of piperidine rings is 1. The van der Waals surface area contributed by atoms with E-state index in [1.807, 2.05) is 17.2 Å². The van der Waals surface area contributed by atoms with Crippen molar-refractivity contribution < 1.29 is 14.0 Å². The van der Waals surface area contributed by atoms with E-state index in [0.29, 0.717) is 41.3 Å². The van der Waals surface area contributed by atoms with Gasteiger partial charge in [0.25, 0.3) is 0 Å². The normalized spacial score (nSPS) is 17.8. The van der Waals surface area contributed by atoms with E-state index in [9.17, 15) is 9.59 Å². The highest BCUT2D eigenvalue weighted by Crippen LogP contribution is 2.36. The summed E-state index contributed by atoms with van der Waals surface area (Å²) in [6, 6.07) is 3.54. The minimum absolute atomic E-state index is 0.0111. The van der Waals surface area contributed by atoms with Gasteiger partial charge in [0.15, 0.2) is 0 Å². The van der Waals surface area contributed by atoms with Crippen LogP contribution in [0.15, 0.2) is 18.3 Å². The Kier molecular flexibility index (Phi) is 4.91. The third kappa shape index (κ3) is 3.30. The number of hydrogen-bond acceptors (Lipinski definition) is 3. The summed E-state index contributed by atoms with van der Waals surface area (Å²) in [4.78, 5) is 26.8. The molecule has 1 aromatic carbocycles. The van der Waals surface area contributed by atoms with Crippen LogP contribution < -0.4 is 4.90 Å². The van der Waals surface area contributed by atoms with E-state index in [1.165, 1.54) is 4.90 Å². The Hall–Kier alpha value is -2.70. The smallest absolute Gasteiger partial charge is 0.227 e. The van der Waals surface area contributed by atoms with Gasteiger partial charge in [0.05, 0.1) is 5.69 Å². The van der Waals surface area contributed by atoms with Crippen molar-refractivity contribution in [2.75, 3.05) is 25.0 Å². The van der Waals surface area contributed by atoms with Gasteiger partial charge < -0.3 is 9.80 Å². The van der Waals surface area contributed by atoms with Crippen molar-refractivity contribution in [2.45, 2.75) is 39.0 Å². The third-order valence-electron chi connectivity index (χ3n) is 6.09. The first-order valence-corrected chi connectivity index (χ1v) is 9.82. The lowest BCUT2D eigenvalue weighted by Gasteiger charge is -2.31. The molecule has 28 heavy (non-hydrogen) atoms. The van der Waals surface area contributed by atoms with Crippen molar-refractivity contribution in [1.29, 1.82) is 0 Å². The van der Waals surface area contributed by atoms with Crippen molar-refractivity contribution in [2.24, 2.45) is 5.92 Å². The highest BCUT2D eigenvalue weighted by molar-refractivity contribution is 5.96. The molecule has 0 aliphatic carbocycles. The second-order valence-electron chi connectivity index (χ2n) is 7.79. The topological polar surface area (TPSA) is 69.3 Å². The maximum absolute atomic E-state index is 15.3. The molecule has 2 amide bonds. The van der Waals surface area contributed by atoms with Crippen LogP contribution in [0, 0.1) is 11.7 Å². The number of H-pyrrole nitrogens is 1. The number of halogens is 1. The molecule has 1 aromatic heterocycles. The van der Waals surface area contributed by atoms with Gasteiger partial charge in [-0.1, -0.05) is 0 Å². The quantitative estimate of drug-likeness (QED) is 0.885. The summed E-state index contributed by atoms with van der Waals surface area (Å²) in [5, 5.41) is 7.22. The molecule has 2 aromatic rings. The average Bonchev–Trinajstić information content (AvgIpc) is 3.13. The fourth-order valence-electron chi connectivity index (χ4n) is 4.35. The highest BCUT2D eigenvalue weighted by atomic mass is 19.1. The molecule has 7 heteroatoms. The summed E-state index contributed by atoms with van der Waals surface area (Å²) in [6.07, 6.45) is 5.30. The molecule has 2 aliphatic heterocycles. The molecule has 6 nitrogen and oxygen atoms in total. The molecule has 2 aliphatic rings. The number of carbonyl (C=O) groups excluding carboxylic acids is 2. The first kappa shape index (κ1) is 18.7. The van der Waals surface area contributed by atoms with Crippen LogP contribution in [0.1, 0.15) is 37.3 Å². The zero-order chi connectivity index (χ0) is 19.8. The number of aromatic nitrogens is 2. The summed E-state index contributed by atoms with van der Waals surface area (Å²) >= 11 is 0. The molecule has 1 N–H and O–H groups in total. The first-order valence-electron chi connectivity index (χ1n) is 9.82. The van der Waals surface area contributed by atoms with E-state index in [-0.39, 0.29) is 17.6 Å². The summed E-state index contributed by atoms with van der Waals surface area (Å²) in [5.74, 6) is 0.312. The summed E-state index contributed by atoms with van der Waals surface area (Å²) in [6.45, 7) is 3.17. The predicted molar refractivity (Wildman–Crippen MR) is 104 cm³/mol. The number of nitrogens with one attached hydrogen (secondary N) is 1. The number of likely N-dealkylation sites (tertiary alicyclic amines) is 1. The Labute approximate surface area is 163 Å². The van der Waals surface area contributed by atoms with Gasteiger partial charge in [-0.15, -0.1) is 0 Å². The van der Waals surface area contributed by atoms with E-state index in [4.69, 9.17) is 0 Å². The molecule has 4 rings (SSSR count). The number of anilines is 1. The fourth-order valence-corrected chi connectivity index (χ4v) is 4.35. The van der Waals surface area contributed by atoms with Crippen LogP contribution in [-0.2, 0) is 22.4 Å². The van der Waals surface area contributed by atoms with E-state index in [1.54, 1.807) is 20.0 Å². The fraction of sp³-hybridized carbons (Fsp3) is 0.476. The Morgan fingerprint density at radius 1 is 1.29 bits per heavy atom. The predicted octanol–water partition coefficient (Wildman–Crippen LogP) is 2.93. The Morgan fingerprint density at radius 2 is 2.04 bits per heavy atom. The van der Waals surface area contributed by atoms with Crippen molar-refractivity contribution in [3.8, 4) is 11.3 Å². The van der Waals surface area contributed by atoms with Crippen LogP contribution in [0.3, 0.4) is 0 Å². The number of amides is 2. The Balaban J connectivity index is 1.57. The second kappa shape index (κ2) is 7.37. The molecular formula is C21H25FN4O2. The Bertz CT molecular complexity index is 915.